The molecule has 1 atom stereocenters. The number of hydrogen-bond donors (Lipinski definition) is 1. The molecule has 0 fully saturated rings. The minimum atomic E-state index is -4.55. The van der Waals surface area contributed by atoms with Crippen LogP contribution in [-0.2, 0) is 6.18 Å². The highest BCUT2D eigenvalue weighted by molar-refractivity contribution is 5.27. The van der Waals surface area contributed by atoms with Gasteiger partial charge in [0.2, 0.25) is 0 Å². The Balaban J connectivity index is 3.02. The molecule has 0 aliphatic carbocycles. The second kappa shape index (κ2) is 4.56. The number of hydrogen-bond acceptors (Lipinski definition) is 1. The predicted octanol–water partition coefficient (Wildman–Crippen LogP) is 3.53. The summed E-state index contributed by atoms with van der Waals surface area (Å²) in [6, 6.07) is 0.927. The van der Waals surface area contributed by atoms with E-state index in [-0.39, 0.29) is 5.56 Å². The summed E-state index contributed by atoms with van der Waals surface area (Å²) in [5.74, 6) is 0. The van der Waals surface area contributed by atoms with Crippen LogP contribution < -0.4 is 5.32 Å². The quantitative estimate of drug-likeness (QED) is 0.799. The Labute approximate surface area is 93.4 Å². The van der Waals surface area contributed by atoms with Crippen molar-refractivity contribution in [2.75, 3.05) is 7.05 Å². The van der Waals surface area contributed by atoms with Crippen molar-refractivity contribution in [2.45, 2.75) is 18.4 Å². The number of halogens is 6. The van der Waals surface area contributed by atoms with Crippen LogP contribution in [0.3, 0.4) is 0 Å². The van der Waals surface area contributed by atoms with Crippen LogP contribution in [0.15, 0.2) is 24.3 Å². The van der Waals surface area contributed by atoms with E-state index in [9.17, 15) is 26.3 Å². The first-order valence-electron chi connectivity index (χ1n) is 4.57. The summed E-state index contributed by atoms with van der Waals surface area (Å²) in [7, 11) is 1.09. The van der Waals surface area contributed by atoms with E-state index in [1.807, 2.05) is 5.32 Å². The maximum Gasteiger partial charge on any atom is 0.416 e. The minimum absolute atomic E-state index is 0.256. The van der Waals surface area contributed by atoms with E-state index >= 15 is 0 Å². The second-order valence-electron chi connectivity index (χ2n) is 3.38. The molecule has 1 N–H and O–H groups in total. The first kappa shape index (κ1) is 13.8. The first-order valence-corrected chi connectivity index (χ1v) is 4.57. The number of rotatable bonds is 2. The average molecular weight is 257 g/mol. The fourth-order valence-electron chi connectivity index (χ4n) is 1.38. The minimum Gasteiger partial charge on any atom is -0.306 e. The van der Waals surface area contributed by atoms with Crippen LogP contribution in [0.4, 0.5) is 26.3 Å². The van der Waals surface area contributed by atoms with Gasteiger partial charge in [0.05, 0.1) is 5.56 Å². The van der Waals surface area contributed by atoms with Crippen molar-refractivity contribution >= 4 is 0 Å². The fraction of sp³-hybridized carbons (Fsp3) is 0.400. The van der Waals surface area contributed by atoms with Crippen molar-refractivity contribution in [3.05, 3.63) is 35.4 Å². The van der Waals surface area contributed by atoms with Gasteiger partial charge in [0.1, 0.15) is 6.04 Å². The molecule has 0 heterocycles. The van der Waals surface area contributed by atoms with Crippen molar-refractivity contribution in [3.8, 4) is 0 Å². The largest absolute Gasteiger partial charge is 0.416 e. The number of nitrogens with one attached hydrogen (secondary N) is 1. The third kappa shape index (κ3) is 3.36. The van der Waals surface area contributed by atoms with Crippen LogP contribution in [0, 0.1) is 0 Å². The monoisotopic (exact) mass is 257 g/mol. The van der Waals surface area contributed by atoms with Crippen LogP contribution in [0.25, 0.3) is 0 Å². The van der Waals surface area contributed by atoms with Gasteiger partial charge in [-0.15, -0.1) is 0 Å². The lowest BCUT2D eigenvalue weighted by molar-refractivity contribution is -0.156. The summed E-state index contributed by atoms with van der Waals surface area (Å²) < 4.78 is 74.0. The molecule has 0 spiro atoms. The molecule has 0 aliphatic rings. The highest BCUT2D eigenvalue weighted by atomic mass is 19.4. The lowest BCUT2D eigenvalue weighted by atomic mass is 10.0. The van der Waals surface area contributed by atoms with Gasteiger partial charge in [0, 0.05) is 0 Å². The highest BCUT2D eigenvalue weighted by Crippen LogP contribution is 2.34. The van der Waals surface area contributed by atoms with Gasteiger partial charge in [0.15, 0.2) is 0 Å². The maximum atomic E-state index is 12.5. The topological polar surface area (TPSA) is 12.0 Å². The van der Waals surface area contributed by atoms with E-state index in [0.717, 1.165) is 19.2 Å². The smallest absolute Gasteiger partial charge is 0.306 e. The van der Waals surface area contributed by atoms with Gasteiger partial charge in [-0.05, 0) is 24.7 Å². The van der Waals surface area contributed by atoms with Crippen molar-refractivity contribution < 1.29 is 26.3 Å². The molecular weight excluding hydrogens is 248 g/mol. The lowest BCUT2D eigenvalue weighted by Crippen LogP contribution is -2.31. The van der Waals surface area contributed by atoms with Gasteiger partial charge < -0.3 is 5.32 Å². The summed E-state index contributed by atoms with van der Waals surface area (Å²) in [6.45, 7) is 0. The molecule has 1 nitrogen and oxygen atoms in total. The van der Waals surface area contributed by atoms with Gasteiger partial charge in [0.25, 0.3) is 0 Å². The molecule has 7 heteroatoms. The van der Waals surface area contributed by atoms with E-state index in [4.69, 9.17) is 0 Å². The van der Waals surface area contributed by atoms with Gasteiger partial charge in [-0.3, -0.25) is 0 Å². The zero-order chi connectivity index (χ0) is 13.3. The van der Waals surface area contributed by atoms with Crippen molar-refractivity contribution in [2.24, 2.45) is 0 Å². The van der Waals surface area contributed by atoms with Crippen LogP contribution in [0.2, 0.25) is 0 Å². The molecule has 0 aromatic heterocycles. The molecule has 0 aliphatic heterocycles. The van der Waals surface area contributed by atoms with E-state index in [1.54, 1.807) is 0 Å². The van der Waals surface area contributed by atoms with Crippen molar-refractivity contribution in [3.63, 3.8) is 0 Å². The summed E-state index contributed by atoms with van der Waals surface area (Å²) in [4.78, 5) is 0. The van der Waals surface area contributed by atoms with Crippen molar-refractivity contribution in [1.82, 2.24) is 5.32 Å². The summed E-state index contributed by atoms with van der Waals surface area (Å²) in [6.07, 6.45) is -9.10. The molecule has 0 bridgehead atoms. The average Bonchev–Trinajstić information content (AvgIpc) is 2.16. The molecule has 17 heavy (non-hydrogen) atoms. The summed E-state index contributed by atoms with van der Waals surface area (Å²) in [5, 5.41) is 2.01. The SMILES string of the molecule is CN[C@H](c1ccc(C(F)(F)F)cc1)C(F)(F)F. The Morgan fingerprint density at radius 2 is 1.41 bits per heavy atom. The Morgan fingerprint density at radius 1 is 0.941 bits per heavy atom. The van der Waals surface area contributed by atoms with Gasteiger partial charge in [-0.25, -0.2) is 0 Å². The maximum absolute atomic E-state index is 12.5. The van der Waals surface area contributed by atoms with E-state index in [1.165, 1.54) is 0 Å². The van der Waals surface area contributed by atoms with Gasteiger partial charge >= 0.3 is 12.4 Å². The molecule has 1 aromatic rings. The normalized spacial score (nSPS) is 14.8. The zero-order valence-electron chi connectivity index (χ0n) is 8.65. The van der Waals surface area contributed by atoms with E-state index in [2.05, 4.69) is 0 Å². The Morgan fingerprint density at radius 3 is 1.71 bits per heavy atom. The Kier molecular flexibility index (Phi) is 3.71. The molecule has 0 radical (unpaired) electrons. The van der Waals surface area contributed by atoms with Crippen molar-refractivity contribution in [1.29, 1.82) is 0 Å². The number of benzene rings is 1. The van der Waals surface area contributed by atoms with E-state index < -0.39 is 24.0 Å². The molecular formula is C10H9F6N. The zero-order valence-corrected chi connectivity index (χ0v) is 8.65. The second-order valence-corrected chi connectivity index (χ2v) is 3.38. The molecule has 1 aromatic carbocycles. The van der Waals surface area contributed by atoms with Gasteiger partial charge in [-0.1, -0.05) is 12.1 Å². The Hall–Kier alpha value is -1.24. The fourth-order valence-corrected chi connectivity index (χ4v) is 1.38. The first-order chi connectivity index (χ1) is 7.66. The highest BCUT2D eigenvalue weighted by Gasteiger charge is 2.40. The molecule has 0 amide bonds. The molecule has 96 valence electrons. The summed E-state index contributed by atoms with van der Waals surface area (Å²) in [5.41, 5.74) is -1.23. The van der Waals surface area contributed by atoms with E-state index in [0.29, 0.717) is 12.1 Å². The third-order valence-corrected chi connectivity index (χ3v) is 2.19. The Bertz CT molecular complexity index is 364. The molecule has 0 unspecified atom stereocenters. The number of alkyl halides is 6. The summed E-state index contributed by atoms with van der Waals surface area (Å²) >= 11 is 0. The van der Waals surface area contributed by atoms with Crippen LogP contribution in [0.1, 0.15) is 17.2 Å². The van der Waals surface area contributed by atoms with Gasteiger partial charge in [-0.2, -0.15) is 26.3 Å². The standard InChI is InChI=1S/C10H9F6N/c1-17-8(10(14,15)16)6-2-4-7(5-3-6)9(11,12)13/h2-5,8,17H,1H3/t8-/m1/s1. The van der Waals surface area contributed by atoms with Crippen LogP contribution in [0.5, 0.6) is 0 Å². The lowest BCUT2D eigenvalue weighted by Gasteiger charge is -2.20. The predicted molar refractivity (Wildman–Crippen MR) is 49.3 cm³/mol. The third-order valence-electron chi connectivity index (χ3n) is 2.19. The molecule has 0 saturated carbocycles. The molecule has 1 rings (SSSR count). The van der Waals surface area contributed by atoms with Crippen LogP contribution >= 0.6 is 0 Å². The molecule has 0 saturated heterocycles. The van der Waals surface area contributed by atoms with Crippen LogP contribution in [-0.4, -0.2) is 13.2 Å².